The van der Waals surface area contributed by atoms with E-state index in [4.69, 9.17) is 4.74 Å². The molecule has 1 aromatic rings. The summed E-state index contributed by atoms with van der Waals surface area (Å²) in [4.78, 5) is 26.1. The first-order chi connectivity index (χ1) is 11.9. The van der Waals surface area contributed by atoms with Crippen molar-refractivity contribution in [3.63, 3.8) is 0 Å². The zero-order chi connectivity index (χ0) is 18.4. The van der Waals surface area contributed by atoms with E-state index in [0.717, 1.165) is 48.8 Å². The summed E-state index contributed by atoms with van der Waals surface area (Å²) in [6.07, 6.45) is 4.29. The third kappa shape index (κ3) is 4.63. The molecule has 1 aromatic carbocycles. The Balaban J connectivity index is 1.87. The van der Waals surface area contributed by atoms with Gasteiger partial charge in [-0.1, -0.05) is 40.9 Å². The van der Waals surface area contributed by atoms with E-state index in [0.29, 0.717) is 13.0 Å². The number of esters is 1. The van der Waals surface area contributed by atoms with E-state index in [1.54, 1.807) is 0 Å². The maximum Gasteiger partial charge on any atom is 0.305 e. The lowest BCUT2D eigenvalue weighted by atomic mass is 9.85. The summed E-state index contributed by atoms with van der Waals surface area (Å²) in [7, 11) is 0. The smallest absolute Gasteiger partial charge is 0.305 e. The van der Waals surface area contributed by atoms with E-state index in [2.05, 4.69) is 34.1 Å². The molecule has 0 fully saturated rings. The molecule has 0 aliphatic carbocycles. The number of nitrogens with zero attached hydrogens (tertiary/aromatic N) is 1. The second kappa shape index (κ2) is 8.84. The predicted molar refractivity (Wildman–Crippen MR) is 104 cm³/mol. The first-order valence-corrected chi connectivity index (χ1v) is 10.2. The third-order valence-corrected chi connectivity index (χ3v) is 5.42. The van der Waals surface area contributed by atoms with Gasteiger partial charge in [0.2, 0.25) is 5.91 Å². The van der Waals surface area contributed by atoms with Crippen molar-refractivity contribution in [2.24, 2.45) is 0 Å². The number of alkyl halides is 1. The first-order valence-electron chi connectivity index (χ1n) is 9.08. The quantitative estimate of drug-likeness (QED) is 0.336. The molecule has 25 heavy (non-hydrogen) atoms. The van der Waals surface area contributed by atoms with Gasteiger partial charge in [0.25, 0.3) is 0 Å². The van der Waals surface area contributed by atoms with Crippen LogP contribution in [-0.4, -0.2) is 25.0 Å². The predicted octanol–water partition coefficient (Wildman–Crippen LogP) is 4.72. The van der Waals surface area contributed by atoms with Gasteiger partial charge in [-0.3, -0.25) is 9.59 Å². The average molecular weight is 410 g/mol. The molecule has 0 radical (unpaired) electrons. The second-order valence-electron chi connectivity index (χ2n) is 7.04. The molecular formula is C20H28BrNO3. The number of fused-ring (bicyclic) bond motifs is 1. The first kappa shape index (κ1) is 20.0. The maximum atomic E-state index is 12.8. The number of ether oxygens (including phenoxy) is 1. The van der Waals surface area contributed by atoms with Gasteiger partial charge in [0.05, 0.1) is 12.0 Å². The molecule has 0 unspecified atom stereocenters. The second-order valence-corrected chi connectivity index (χ2v) is 7.60. The lowest BCUT2D eigenvalue weighted by molar-refractivity contribution is -0.143. The molecule has 1 aliphatic heterocycles. The topological polar surface area (TPSA) is 46.6 Å². The standard InChI is InChI=1S/C20H28BrNO3/c1-4-25-18(23)9-7-5-6-8-12-22-17-11-10-15(14-21)13-16(17)20(2,3)19(22)24/h10-11,13H,4-9,12,14H2,1-3H3. The summed E-state index contributed by atoms with van der Waals surface area (Å²) in [5.41, 5.74) is 2.90. The number of hydrogen-bond acceptors (Lipinski definition) is 3. The van der Waals surface area contributed by atoms with Crippen LogP contribution >= 0.6 is 15.9 Å². The molecule has 0 N–H and O–H groups in total. The Labute approximate surface area is 159 Å². The van der Waals surface area contributed by atoms with Crippen LogP contribution < -0.4 is 4.90 Å². The summed E-state index contributed by atoms with van der Waals surface area (Å²) >= 11 is 3.49. The van der Waals surface area contributed by atoms with Gasteiger partial charge in [-0.05, 0) is 50.8 Å². The van der Waals surface area contributed by atoms with Gasteiger partial charge in [-0.2, -0.15) is 0 Å². The van der Waals surface area contributed by atoms with Crippen LogP contribution in [0.3, 0.4) is 0 Å². The van der Waals surface area contributed by atoms with Gasteiger partial charge in [-0.25, -0.2) is 0 Å². The van der Waals surface area contributed by atoms with Crippen LogP contribution in [-0.2, 0) is 25.1 Å². The lowest BCUT2D eigenvalue weighted by Crippen LogP contribution is -2.36. The van der Waals surface area contributed by atoms with Gasteiger partial charge in [-0.15, -0.1) is 0 Å². The minimum atomic E-state index is -0.461. The van der Waals surface area contributed by atoms with Crippen LogP contribution in [0.2, 0.25) is 0 Å². The molecule has 1 amide bonds. The molecule has 2 rings (SSSR count). The number of rotatable bonds is 9. The monoisotopic (exact) mass is 409 g/mol. The molecule has 138 valence electrons. The summed E-state index contributed by atoms with van der Waals surface area (Å²) in [5, 5.41) is 0.797. The van der Waals surface area contributed by atoms with E-state index in [1.165, 1.54) is 5.56 Å². The Bertz CT molecular complexity index is 627. The molecular weight excluding hydrogens is 382 g/mol. The Hall–Kier alpha value is -1.36. The van der Waals surface area contributed by atoms with Crippen molar-refractivity contribution >= 4 is 33.5 Å². The Morgan fingerprint density at radius 3 is 2.60 bits per heavy atom. The van der Waals surface area contributed by atoms with Gasteiger partial charge >= 0.3 is 5.97 Å². The third-order valence-electron chi connectivity index (χ3n) is 4.78. The summed E-state index contributed by atoms with van der Waals surface area (Å²) in [6.45, 7) is 7.02. The molecule has 4 nitrogen and oxygen atoms in total. The zero-order valence-corrected chi connectivity index (χ0v) is 17.0. The summed E-state index contributed by atoms with van der Waals surface area (Å²) in [6, 6.07) is 6.29. The molecule has 0 atom stereocenters. The van der Waals surface area contributed by atoms with E-state index in [-0.39, 0.29) is 11.9 Å². The minimum absolute atomic E-state index is 0.115. The lowest BCUT2D eigenvalue weighted by Gasteiger charge is -2.20. The molecule has 1 aliphatic rings. The summed E-state index contributed by atoms with van der Waals surface area (Å²) in [5.74, 6) is 0.0660. The molecule has 1 heterocycles. The van der Waals surface area contributed by atoms with Gasteiger partial charge in [0.1, 0.15) is 0 Å². The number of hydrogen-bond donors (Lipinski definition) is 0. The van der Waals surface area contributed by atoms with Gasteiger partial charge < -0.3 is 9.64 Å². The van der Waals surface area contributed by atoms with E-state index in [1.807, 2.05) is 25.7 Å². The van der Waals surface area contributed by atoms with Crippen molar-refractivity contribution in [2.45, 2.75) is 63.6 Å². The van der Waals surface area contributed by atoms with Crippen molar-refractivity contribution in [3.8, 4) is 0 Å². The Morgan fingerprint density at radius 1 is 1.20 bits per heavy atom. The fourth-order valence-corrected chi connectivity index (χ4v) is 3.66. The number of carbonyl (C=O) groups is 2. The number of unbranched alkanes of at least 4 members (excludes halogenated alkanes) is 3. The zero-order valence-electron chi connectivity index (χ0n) is 15.4. The average Bonchev–Trinajstić information content (AvgIpc) is 2.78. The van der Waals surface area contributed by atoms with Crippen LogP contribution in [0.1, 0.15) is 64.0 Å². The molecule has 0 bridgehead atoms. The van der Waals surface area contributed by atoms with Gasteiger partial charge in [0, 0.05) is 24.0 Å². The summed E-state index contributed by atoms with van der Waals surface area (Å²) < 4.78 is 4.93. The number of benzene rings is 1. The highest BCUT2D eigenvalue weighted by Crippen LogP contribution is 2.42. The van der Waals surface area contributed by atoms with Crippen molar-refractivity contribution in [1.82, 2.24) is 0 Å². The van der Waals surface area contributed by atoms with Crippen molar-refractivity contribution < 1.29 is 14.3 Å². The number of halogens is 1. The molecule has 0 saturated carbocycles. The van der Waals surface area contributed by atoms with E-state index >= 15 is 0 Å². The molecule has 0 saturated heterocycles. The fourth-order valence-electron chi connectivity index (χ4n) is 3.31. The molecule has 0 aromatic heterocycles. The Morgan fingerprint density at radius 2 is 1.92 bits per heavy atom. The Kier molecular flexibility index (Phi) is 7.05. The van der Waals surface area contributed by atoms with Crippen molar-refractivity contribution in [3.05, 3.63) is 29.3 Å². The normalized spacial score (nSPS) is 15.4. The van der Waals surface area contributed by atoms with Crippen LogP contribution in [0.25, 0.3) is 0 Å². The van der Waals surface area contributed by atoms with Crippen LogP contribution in [0, 0.1) is 0 Å². The maximum absolute atomic E-state index is 12.8. The highest BCUT2D eigenvalue weighted by atomic mass is 79.9. The highest BCUT2D eigenvalue weighted by molar-refractivity contribution is 9.08. The number of carbonyl (C=O) groups excluding carboxylic acids is 2. The molecule has 5 heteroatoms. The SMILES string of the molecule is CCOC(=O)CCCCCCN1C(=O)C(C)(C)c2cc(CBr)ccc21. The minimum Gasteiger partial charge on any atom is -0.466 e. The molecule has 0 spiro atoms. The highest BCUT2D eigenvalue weighted by Gasteiger charge is 2.43. The van der Waals surface area contributed by atoms with Crippen molar-refractivity contribution in [1.29, 1.82) is 0 Å². The van der Waals surface area contributed by atoms with Crippen LogP contribution in [0.15, 0.2) is 18.2 Å². The van der Waals surface area contributed by atoms with E-state index in [9.17, 15) is 9.59 Å². The fraction of sp³-hybridized carbons (Fsp3) is 0.600. The van der Waals surface area contributed by atoms with E-state index < -0.39 is 5.41 Å². The van der Waals surface area contributed by atoms with Crippen LogP contribution in [0.5, 0.6) is 0 Å². The van der Waals surface area contributed by atoms with Crippen molar-refractivity contribution in [2.75, 3.05) is 18.1 Å². The largest absolute Gasteiger partial charge is 0.466 e. The van der Waals surface area contributed by atoms with Crippen LogP contribution in [0.4, 0.5) is 5.69 Å². The number of amides is 1. The number of anilines is 1. The van der Waals surface area contributed by atoms with Gasteiger partial charge in [0.15, 0.2) is 0 Å².